The van der Waals surface area contributed by atoms with E-state index in [-0.39, 0.29) is 24.0 Å². The highest BCUT2D eigenvalue weighted by Crippen LogP contribution is 2.16. The third-order valence-corrected chi connectivity index (χ3v) is 4.95. The van der Waals surface area contributed by atoms with Gasteiger partial charge in [-0.05, 0) is 11.4 Å². The first-order valence-electron chi connectivity index (χ1n) is 5.23. The van der Waals surface area contributed by atoms with Gasteiger partial charge in [0, 0.05) is 17.2 Å². The van der Waals surface area contributed by atoms with Crippen LogP contribution in [0.15, 0.2) is 17.5 Å². The summed E-state index contributed by atoms with van der Waals surface area (Å²) >= 11 is 1.40. The van der Waals surface area contributed by atoms with E-state index in [9.17, 15) is 13.2 Å². The first-order chi connectivity index (χ1) is 7.96. The molecular formula is C10H16N2O3S2. The molecule has 1 heterocycles. The zero-order valence-corrected chi connectivity index (χ0v) is 11.2. The van der Waals surface area contributed by atoms with Gasteiger partial charge in [-0.25, -0.2) is 8.42 Å². The lowest BCUT2D eigenvalue weighted by Gasteiger charge is -2.10. The second-order valence-corrected chi connectivity index (χ2v) is 6.97. The summed E-state index contributed by atoms with van der Waals surface area (Å²) in [6.45, 7) is 1.68. The van der Waals surface area contributed by atoms with Crippen molar-refractivity contribution >= 4 is 27.1 Å². The van der Waals surface area contributed by atoms with Crippen molar-refractivity contribution in [3.63, 3.8) is 0 Å². The van der Waals surface area contributed by atoms with Crippen molar-refractivity contribution in [1.82, 2.24) is 5.32 Å². The standard InChI is InChI=1S/C10H16N2O3S2/c1-2-17(14,15)7-5-12-10(13)9(11)8-4-3-6-16-8/h3-4,6,9H,2,5,7,11H2,1H3,(H,12,13). The molecule has 0 spiro atoms. The smallest absolute Gasteiger partial charge is 0.242 e. The summed E-state index contributed by atoms with van der Waals surface area (Å²) in [7, 11) is -3.05. The molecule has 0 aromatic carbocycles. The highest BCUT2D eigenvalue weighted by atomic mass is 32.2. The Morgan fingerprint density at radius 3 is 2.82 bits per heavy atom. The lowest BCUT2D eigenvalue weighted by molar-refractivity contribution is -0.122. The number of sulfone groups is 1. The number of hydrogen-bond donors (Lipinski definition) is 2. The van der Waals surface area contributed by atoms with E-state index < -0.39 is 15.9 Å². The van der Waals surface area contributed by atoms with E-state index in [4.69, 9.17) is 5.73 Å². The van der Waals surface area contributed by atoms with Crippen molar-refractivity contribution < 1.29 is 13.2 Å². The number of nitrogens with one attached hydrogen (secondary N) is 1. The molecule has 1 amide bonds. The molecule has 17 heavy (non-hydrogen) atoms. The van der Waals surface area contributed by atoms with Crippen molar-refractivity contribution in [3.8, 4) is 0 Å². The Kier molecular flexibility index (Phi) is 5.10. The predicted molar refractivity (Wildman–Crippen MR) is 68.6 cm³/mol. The monoisotopic (exact) mass is 276 g/mol. The third-order valence-electron chi connectivity index (χ3n) is 2.28. The van der Waals surface area contributed by atoms with Crippen LogP contribution in [0.4, 0.5) is 0 Å². The summed E-state index contributed by atoms with van der Waals surface area (Å²) in [6, 6.07) is 2.87. The molecule has 7 heteroatoms. The van der Waals surface area contributed by atoms with Gasteiger partial charge in [0.15, 0.2) is 9.84 Å². The number of thiophene rings is 1. The maximum absolute atomic E-state index is 11.6. The van der Waals surface area contributed by atoms with Gasteiger partial charge in [0.05, 0.1) is 5.75 Å². The van der Waals surface area contributed by atoms with Crippen LogP contribution >= 0.6 is 11.3 Å². The molecule has 0 aliphatic carbocycles. The predicted octanol–water partition coefficient (Wildman–Crippen LogP) is 0.299. The molecule has 0 saturated carbocycles. The van der Waals surface area contributed by atoms with Gasteiger partial charge in [-0.3, -0.25) is 4.79 Å². The maximum atomic E-state index is 11.6. The summed E-state index contributed by atoms with van der Waals surface area (Å²) < 4.78 is 22.4. The number of amides is 1. The largest absolute Gasteiger partial charge is 0.353 e. The van der Waals surface area contributed by atoms with Crippen LogP contribution in [0.25, 0.3) is 0 Å². The Morgan fingerprint density at radius 2 is 2.29 bits per heavy atom. The molecule has 0 saturated heterocycles. The molecule has 5 nitrogen and oxygen atoms in total. The van der Waals surface area contributed by atoms with Crippen LogP contribution < -0.4 is 11.1 Å². The molecule has 0 aliphatic heterocycles. The van der Waals surface area contributed by atoms with E-state index >= 15 is 0 Å². The van der Waals surface area contributed by atoms with E-state index in [2.05, 4.69) is 5.32 Å². The number of carbonyl (C=O) groups is 1. The molecule has 0 fully saturated rings. The van der Waals surface area contributed by atoms with Crippen LogP contribution in [0.2, 0.25) is 0 Å². The van der Waals surface area contributed by atoms with Crippen molar-refractivity contribution in [2.75, 3.05) is 18.1 Å². The zero-order chi connectivity index (χ0) is 12.9. The van der Waals surface area contributed by atoms with Crippen molar-refractivity contribution in [1.29, 1.82) is 0 Å². The van der Waals surface area contributed by atoms with E-state index in [1.807, 2.05) is 11.4 Å². The van der Waals surface area contributed by atoms with Crippen molar-refractivity contribution in [3.05, 3.63) is 22.4 Å². The fourth-order valence-electron chi connectivity index (χ4n) is 1.18. The first-order valence-corrected chi connectivity index (χ1v) is 7.93. The van der Waals surface area contributed by atoms with Crippen LogP contribution in [-0.2, 0) is 14.6 Å². The first kappa shape index (κ1) is 14.1. The van der Waals surface area contributed by atoms with E-state index in [0.29, 0.717) is 0 Å². The average molecular weight is 276 g/mol. The summed E-state index contributed by atoms with van der Waals surface area (Å²) in [5.74, 6) is -0.314. The van der Waals surface area contributed by atoms with Crippen LogP contribution in [0.1, 0.15) is 17.8 Å². The summed E-state index contributed by atoms with van der Waals surface area (Å²) in [5.41, 5.74) is 5.71. The lowest BCUT2D eigenvalue weighted by atomic mass is 10.2. The van der Waals surface area contributed by atoms with Gasteiger partial charge in [0.1, 0.15) is 6.04 Å². The van der Waals surface area contributed by atoms with Crippen molar-refractivity contribution in [2.24, 2.45) is 5.73 Å². The molecule has 0 aliphatic rings. The van der Waals surface area contributed by atoms with Gasteiger partial charge in [0.25, 0.3) is 0 Å². The molecule has 0 bridgehead atoms. The zero-order valence-electron chi connectivity index (χ0n) is 9.55. The molecule has 3 N–H and O–H groups in total. The van der Waals surface area contributed by atoms with E-state index in [0.717, 1.165) is 4.88 Å². The quantitative estimate of drug-likeness (QED) is 0.782. The Morgan fingerprint density at radius 1 is 1.59 bits per heavy atom. The van der Waals surface area contributed by atoms with Gasteiger partial charge in [-0.1, -0.05) is 13.0 Å². The maximum Gasteiger partial charge on any atom is 0.242 e. The van der Waals surface area contributed by atoms with Gasteiger partial charge in [-0.2, -0.15) is 0 Å². The van der Waals surface area contributed by atoms with Crippen molar-refractivity contribution in [2.45, 2.75) is 13.0 Å². The SMILES string of the molecule is CCS(=O)(=O)CCNC(=O)C(N)c1cccs1. The normalized spacial score (nSPS) is 13.3. The minimum absolute atomic E-state index is 0.0492. The number of hydrogen-bond acceptors (Lipinski definition) is 5. The van der Waals surface area contributed by atoms with Crippen LogP contribution in [0.5, 0.6) is 0 Å². The molecular weight excluding hydrogens is 260 g/mol. The van der Waals surface area contributed by atoms with Crippen LogP contribution in [-0.4, -0.2) is 32.4 Å². The molecule has 1 aromatic rings. The minimum Gasteiger partial charge on any atom is -0.353 e. The van der Waals surface area contributed by atoms with Gasteiger partial charge in [-0.15, -0.1) is 11.3 Å². The Hall–Kier alpha value is -0.920. The van der Waals surface area contributed by atoms with Gasteiger partial charge in [0.2, 0.25) is 5.91 Å². The fourth-order valence-corrected chi connectivity index (χ4v) is 2.61. The molecule has 1 unspecified atom stereocenters. The summed E-state index contributed by atoms with van der Waals surface area (Å²) in [6.07, 6.45) is 0. The Balaban J connectivity index is 2.41. The average Bonchev–Trinajstić information content (AvgIpc) is 2.81. The molecule has 0 radical (unpaired) electrons. The van der Waals surface area contributed by atoms with Gasteiger partial charge < -0.3 is 11.1 Å². The van der Waals surface area contributed by atoms with Crippen LogP contribution in [0, 0.1) is 0 Å². The second-order valence-electron chi connectivity index (χ2n) is 3.52. The van der Waals surface area contributed by atoms with Gasteiger partial charge >= 0.3 is 0 Å². The summed E-state index contributed by atoms with van der Waals surface area (Å²) in [4.78, 5) is 12.4. The van der Waals surface area contributed by atoms with Crippen LogP contribution in [0.3, 0.4) is 0 Å². The third kappa shape index (κ3) is 4.45. The second kappa shape index (κ2) is 6.13. The lowest BCUT2D eigenvalue weighted by Crippen LogP contribution is -2.36. The fraction of sp³-hybridized carbons (Fsp3) is 0.500. The number of rotatable bonds is 6. The van der Waals surface area contributed by atoms with E-state index in [1.54, 1.807) is 13.0 Å². The topological polar surface area (TPSA) is 89.3 Å². The Labute approximate surface area is 105 Å². The summed E-state index contributed by atoms with van der Waals surface area (Å²) in [5, 5.41) is 4.36. The number of carbonyl (C=O) groups excluding carboxylic acids is 1. The minimum atomic E-state index is -3.05. The van der Waals surface area contributed by atoms with E-state index in [1.165, 1.54) is 11.3 Å². The molecule has 1 aromatic heterocycles. The highest BCUT2D eigenvalue weighted by molar-refractivity contribution is 7.91. The number of nitrogens with two attached hydrogens (primary N) is 1. The molecule has 1 atom stereocenters. The Bertz CT molecular complexity index is 454. The molecule has 96 valence electrons. The highest BCUT2D eigenvalue weighted by Gasteiger charge is 2.16. The molecule has 1 rings (SSSR count).